The number of para-hydroxylation sites is 1. The predicted molar refractivity (Wildman–Crippen MR) is 117 cm³/mol. The average Bonchev–Trinajstić information content (AvgIpc) is 3.51. The quantitative estimate of drug-likeness (QED) is 0.501. The Bertz CT molecular complexity index is 1140. The first-order chi connectivity index (χ1) is 15.3. The summed E-state index contributed by atoms with van der Waals surface area (Å²) in [7, 11) is 0. The van der Waals surface area contributed by atoms with E-state index in [1.807, 2.05) is 76.4 Å². The molecule has 4 aromatic rings. The number of nitrogens with zero attached hydrogens (tertiary/aromatic N) is 5. The maximum atomic E-state index is 12.8. The van der Waals surface area contributed by atoms with Crippen molar-refractivity contribution >= 4 is 5.91 Å². The van der Waals surface area contributed by atoms with Crippen molar-refractivity contribution in [1.29, 1.82) is 0 Å². The van der Waals surface area contributed by atoms with Gasteiger partial charge in [0.05, 0.1) is 11.9 Å². The number of amides is 1. The minimum absolute atomic E-state index is 0.0810. The topological polar surface area (TPSA) is 67.4 Å². The zero-order valence-corrected chi connectivity index (χ0v) is 17.1. The molecule has 2 aromatic carbocycles. The van der Waals surface area contributed by atoms with Crippen LogP contribution in [-0.4, -0.2) is 56.8 Å². The van der Waals surface area contributed by atoms with Gasteiger partial charge in [0, 0.05) is 56.1 Å². The molecule has 0 N–H and O–H groups in total. The summed E-state index contributed by atoms with van der Waals surface area (Å²) in [5.41, 5.74) is 3.48. The summed E-state index contributed by atoms with van der Waals surface area (Å²) in [6, 6.07) is 21.5. The minimum Gasteiger partial charge on any atom is -0.355 e. The molecule has 1 aliphatic heterocycles. The maximum absolute atomic E-state index is 12.8. The Kier molecular flexibility index (Phi) is 5.33. The van der Waals surface area contributed by atoms with Crippen molar-refractivity contribution in [3.63, 3.8) is 0 Å². The van der Waals surface area contributed by atoms with Crippen molar-refractivity contribution in [1.82, 2.24) is 24.7 Å². The fraction of sp³-hybridized carbons (Fsp3) is 0.208. The van der Waals surface area contributed by atoms with E-state index in [1.54, 1.807) is 6.07 Å². The van der Waals surface area contributed by atoms with Crippen LogP contribution in [0.1, 0.15) is 16.1 Å². The number of carbonyl (C=O) groups is 1. The summed E-state index contributed by atoms with van der Waals surface area (Å²) in [6.45, 7) is 3.77. The Hall–Kier alpha value is -3.71. The van der Waals surface area contributed by atoms with Crippen LogP contribution in [0.4, 0.5) is 0 Å². The molecular weight excluding hydrogens is 390 g/mol. The molecule has 0 unspecified atom stereocenters. The molecule has 5 rings (SSSR count). The molecule has 0 saturated carbocycles. The molecule has 0 atom stereocenters. The lowest BCUT2D eigenvalue weighted by Gasteiger charge is -2.34. The average molecular weight is 413 g/mol. The van der Waals surface area contributed by atoms with Gasteiger partial charge in [-0.1, -0.05) is 53.7 Å². The number of piperazine rings is 1. The molecular formula is C24H23N5O2. The molecule has 1 amide bonds. The first-order valence-corrected chi connectivity index (χ1v) is 10.4. The fourth-order valence-corrected chi connectivity index (χ4v) is 3.81. The second kappa shape index (κ2) is 8.57. The molecule has 0 radical (unpaired) electrons. The third-order valence-corrected chi connectivity index (χ3v) is 5.51. The fourth-order valence-electron chi connectivity index (χ4n) is 3.81. The van der Waals surface area contributed by atoms with E-state index in [1.165, 1.54) is 0 Å². The molecule has 0 aliphatic carbocycles. The van der Waals surface area contributed by atoms with Gasteiger partial charge in [0.2, 0.25) is 0 Å². The second-order valence-corrected chi connectivity index (χ2v) is 7.64. The van der Waals surface area contributed by atoms with Crippen LogP contribution >= 0.6 is 0 Å². The van der Waals surface area contributed by atoms with E-state index in [2.05, 4.69) is 21.4 Å². The normalized spacial score (nSPS) is 14.6. The van der Waals surface area contributed by atoms with Gasteiger partial charge < -0.3 is 9.42 Å². The van der Waals surface area contributed by atoms with Crippen molar-refractivity contribution in [2.24, 2.45) is 0 Å². The van der Waals surface area contributed by atoms with Crippen LogP contribution in [0, 0.1) is 0 Å². The third-order valence-electron chi connectivity index (χ3n) is 5.51. The van der Waals surface area contributed by atoms with E-state index >= 15 is 0 Å². The largest absolute Gasteiger partial charge is 0.355 e. The lowest BCUT2D eigenvalue weighted by atomic mass is 10.1. The number of hydrogen-bond acceptors (Lipinski definition) is 5. The summed E-state index contributed by atoms with van der Waals surface area (Å²) in [4.78, 5) is 17.0. The summed E-state index contributed by atoms with van der Waals surface area (Å²) >= 11 is 0. The molecule has 2 aromatic heterocycles. The highest BCUT2D eigenvalue weighted by molar-refractivity contribution is 5.93. The Morgan fingerprint density at radius 1 is 0.935 bits per heavy atom. The summed E-state index contributed by atoms with van der Waals surface area (Å²) in [5, 5.41) is 8.46. The standard InChI is InChI=1S/C24H23N5O2/c30-24(22-15-23(31-26-22)20-7-3-1-4-8-20)28-13-11-27(12-14-28)17-19-16-25-29(18-19)21-9-5-2-6-10-21/h1-10,15-16,18H,11-14,17H2. The van der Waals surface area contributed by atoms with Crippen LogP contribution in [-0.2, 0) is 6.54 Å². The molecule has 1 fully saturated rings. The first-order valence-electron chi connectivity index (χ1n) is 10.4. The molecule has 1 aliphatic rings. The van der Waals surface area contributed by atoms with Crippen molar-refractivity contribution in [3.8, 4) is 17.0 Å². The zero-order chi connectivity index (χ0) is 21.0. The smallest absolute Gasteiger partial charge is 0.276 e. The number of carbonyl (C=O) groups excluding carboxylic acids is 1. The lowest BCUT2D eigenvalue weighted by Crippen LogP contribution is -2.48. The molecule has 156 valence electrons. The summed E-state index contributed by atoms with van der Waals surface area (Å²) in [6.07, 6.45) is 3.97. The van der Waals surface area contributed by atoms with Gasteiger partial charge in [-0.2, -0.15) is 5.10 Å². The lowest BCUT2D eigenvalue weighted by molar-refractivity contribution is 0.0618. The third kappa shape index (κ3) is 4.27. The van der Waals surface area contributed by atoms with Crippen LogP contribution in [0.25, 0.3) is 17.0 Å². The van der Waals surface area contributed by atoms with Gasteiger partial charge in [0.15, 0.2) is 11.5 Å². The highest BCUT2D eigenvalue weighted by Crippen LogP contribution is 2.21. The maximum Gasteiger partial charge on any atom is 0.276 e. The van der Waals surface area contributed by atoms with E-state index in [0.717, 1.165) is 36.4 Å². The Morgan fingerprint density at radius 3 is 2.39 bits per heavy atom. The van der Waals surface area contributed by atoms with E-state index < -0.39 is 0 Å². The summed E-state index contributed by atoms with van der Waals surface area (Å²) < 4.78 is 7.28. The van der Waals surface area contributed by atoms with Gasteiger partial charge in [0.25, 0.3) is 5.91 Å². The van der Waals surface area contributed by atoms with E-state index in [-0.39, 0.29) is 5.91 Å². The van der Waals surface area contributed by atoms with Crippen LogP contribution < -0.4 is 0 Å². The van der Waals surface area contributed by atoms with E-state index in [9.17, 15) is 4.79 Å². The van der Waals surface area contributed by atoms with Crippen LogP contribution in [0.5, 0.6) is 0 Å². The van der Waals surface area contributed by atoms with Crippen molar-refractivity contribution in [2.75, 3.05) is 26.2 Å². The zero-order valence-electron chi connectivity index (χ0n) is 17.1. The minimum atomic E-state index is -0.0810. The Morgan fingerprint density at radius 2 is 1.65 bits per heavy atom. The van der Waals surface area contributed by atoms with Gasteiger partial charge >= 0.3 is 0 Å². The first kappa shape index (κ1) is 19.3. The molecule has 3 heterocycles. The molecule has 7 heteroatoms. The summed E-state index contributed by atoms with van der Waals surface area (Å²) in [5.74, 6) is 0.528. The molecule has 31 heavy (non-hydrogen) atoms. The highest BCUT2D eigenvalue weighted by Gasteiger charge is 2.25. The Labute approximate surface area is 180 Å². The molecule has 7 nitrogen and oxygen atoms in total. The molecule has 0 bridgehead atoms. The van der Waals surface area contributed by atoms with Gasteiger partial charge in [-0.25, -0.2) is 4.68 Å². The van der Waals surface area contributed by atoms with Crippen LogP contribution in [0.3, 0.4) is 0 Å². The van der Waals surface area contributed by atoms with Crippen LogP contribution in [0.2, 0.25) is 0 Å². The number of rotatable bonds is 5. The van der Waals surface area contributed by atoms with Gasteiger partial charge in [-0.15, -0.1) is 0 Å². The second-order valence-electron chi connectivity index (χ2n) is 7.64. The van der Waals surface area contributed by atoms with E-state index in [0.29, 0.717) is 24.5 Å². The van der Waals surface area contributed by atoms with Crippen molar-refractivity contribution in [3.05, 3.63) is 90.4 Å². The monoisotopic (exact) mass is 413 g/mol. The van der Waals surface area contributed by atoms with Gasteiger partial charge in [-0.05, 0) is 12.1 Å². The van der Waals surface area contributed by atoms with E-state index in [4.69, 9.17) is 4.52 Å². The van der Waals surface area contributed by atoms with Crippen molar-refractivity contribution in [2.45, 2.75) is 6.54 Å². The Balaban J connectivity index is 1.17. The van der Waals surface area contributed by atoms with Gasteiger partial charge in [0.1, 0.15) is 0 Å². The van der Waals surface area contributed by atoms with Gasteiger partial charge in [-0.3, -0.25) is 9.69 Å². The van der Waals surface area contributed by atoms with Crippen molar-refractivity contribution < 1.29 is 9.32 Å². The SMILES string of the molecule is O=C(c1cc(-c2ccccc2)on1)N1CCN(Cc2cnn(-c3ccccc3)c2)CC1. The molecule has 0 spiro atoms. The molecule has 1 saturated heterocycles. The number of hydrogen-bond donors (Lipinski definition) is 0. The number of aromatic nitrogens is 3. The number of benzene rings is 2. The van der Waals surface area contributed by atoms with Crippen LogP contribution in [0.15, 0.2) is 83.6 Å². The highest BCUT2D eigenvalue weighted by atomic mass is 16.5. The predicted octanol–water partition coefficient (Wildman–Crippen LogP) is 3.49.